The molecule has 3 rings (SSSR count). The van der Waals surface area contributed by atoms with Gasteiger partial charge in [-0.2, -0.15) is 0 Å². The standard InChI is InChI=1S/C19H22N2O3/c1-20-19(23)21-8-7-14-10-15(18(22)12-3-4-12)9-13-5-6-16(24-2)11-17(13)14/h5-6,9-12H,3-4,7-8H2,1-2H3,(H2,20,21,23). The fourth-order valence-electron chi connectivity index (χ4n) is 2.87. The highest BCUT2D eigenvalue weighted by atomic mass is 16.5. The first-order valence-electron chi connectivity index (χ1n) is 8.23. The van der Waals surface area contributed by atoms with Crippen LogP contribution in [0.3, 0.4) is 0 Å². The zero-order valence-electron chi connectivity index (χ0n) is 14.0. The third-order valence-electron chi connectivity index (χ3n) is 4.39. The van der Waals surface area contributed by atoms with Crippen molar-refractivity contribution in [3.8, 4) is 5.75 Å². The molecule has 5 nitrogen and oxygen atoms in total. The molecule has 0 radical (unpaired) electrons. The second kappa shape index (κ2) is 6.91. The van der Waals surface area contributed by atoms with Crippen molar-refractivity contribution in [2.75, 3.05) is 20.7 Å². The number of carbonyl (C=O) groups is 2. The fraction of sp³-hybridized carbons (Fsp3) is 0.368. The summed E-state index contributed by atoms with van der Waals surface area (Å²) in [6.07, 6.45) is 2.64. The number of carbonyl (C=O) groups excluding carboxylic acids is 2. The van der Waals surface area contributed by atoms with Gasteiger partial charge in [-0.3, -0.25) is 4.79 Å². The molecule has 0 spiro atoms. The molecule has 1 fully saturated rings. The van der Waals surface area contributed by atoms with Crippen molar-refractivity contribution in [2.45, 2.75) is 19.3 Å². The number of fused-ring (bicyclic) bond motifs is 1. The summed E-state index contributed by atoms with van der Waals surface area (Å²) in [6, 6.07) is 9.59. The van der Waals surface area contributed by atoms with Crippen LogP contribution in [-0.4, -0.2) is 32.5 Å². The van der Waals surface area contributed by atoms with Crippen LogP contribution in [0.1, 0.15) is 28.8 Å². The van der Waals surface area contributed by atoms with E-state index in [1.807, 2.05) is 30.3 Å². The van der Waals surface area contributed by atoms with Gasteiger partial charge in [0.15, 0.2) is 5.78 Å². The van der Waals surface area contributed by atoms with E-state index in [2.05, 4.69) is 10.6 Å². The molecule has 24 heavy (non-hydrogen) atoms. The average molecular weight is 326 g/mol. The van der Waals surface area contributed by atoms with Crippen molar-refractivity contribution in [2.24, 2.45) is 5.92 Å². The molecular weight excluding hydrogens is 304 g/mol. The molecule has 1 saturated carbocycles. The number of urea groups is 1. The van der Waals surface area contributed by atoms with Crippen LogP contribution in [0.25, 0.3) is 10.8 Å². The van der Waals surface area contributed by atoms with Crippen LogP contribution >= 0.6 is 0 Å². The monoisotopic (exact) mass is 326 g/mol. The number of nitrogens with one attached hydrogen (secondary N) is 2. The van der Waals surface area contributed by atoms with E-state index in [1.54, 1.807) is 14.2 Å². The topological polar surface area (TPSA) is 67.4 Å². The van der Waals surface area contributed by atoms with Crippen LogP contribution in [0.4, 0.5) is 4.79 Å². The SMILES string of the molecule is CNC(=O)NCCc1cc(C(=O)C2CC2)cc2ccc(OC)cc12. The maximum Gasteiger partial charge on any atom is 0.314 e. The van der Waals surface area contributed by atoms with Gasteiger partial charge in [-0.15, -0.1) is 0 Å². The maximum atomic E-state index is 12.4. The molecule has 0 saturated heterocycles. The predicted octanol–water partition coefficient (Wildman–Crippen LogP) is 2.91. The van der Waals surface area contributed by atoms with E-state index in [0.29, 0.717) is 13.0 Å². The van der Waals surface area contributed by atoms with Gasteiger partial charge in [0.05, 0.1) is 7.11 Å². The molecule has 0 heterocycles. The van der Waals surface area contributed by atoms with E-state index in [9.17, 15) is 9.59 Å². The number of ether oxygens (including phenoxy) is 1. The Morgan fingerprint density at radius 1 is 1.21 bits per heavy atom. The Kier molecular flexibility index (Phi) is 4.69. The minimum Gasteiger partial charge on any atom is -0.497 e. The van der Waals surface area contributed by atoms with E-state index in [0.717, 1.165) is 40.5 Å². The van der Waals surface area contributed by atoms with Gasteiger partial charge in [-0.05, 0) is 59.9 Å². The van der Waals surface area contributed by atoms with E-state index < -0.39 is 0 Å². The lowest BCUT2D eigenvalue weighted by Gasteiger charge is -2.12. The van der Waals surface area contributed by atoms with E-state index in [4.69, 9.17) is 4.74 Å². The molecule has 0 unspecified atom stereocenters. The largest absolute Gasteiger partial charge is 0.497 e. The molecule has 0 atom stereocenters. The Morgan fingerprint density at radius 3 is 2.67 bits per heavy atom. The van der Waals surface area contributed by atoms with E-state index in [1.165, 1.54) is 0 Å². The number of amides is 2. The van der Waals surface area contributed by atoms with Gasteiger partial charge < -0.3 is 15.4 Å². The Morgan fingerprint density at radius 2 is 2.00 bits per heavy atom. The van der Waals surface area contributed by atoms with Crippen LogP contribution in [0.15, 0.2) is 30.3 Å². The smallest absolute Gasteiger partial charge is 0.314 e. The van der Waals surface area contributed by atoms with Crippen molar-refractivity contribution in [1.82, 2.24) is 10.6 Å². The molecule has 5 heteroatoms. The normalized spacial score (nSPS) is 13.6. The molecule has 126 valence electrons. The lowest BCUT2D eigenvalue weighted by Crippen LogP contribution is -2.34. The van der Waals surface area contributed by atoms with Gasteiger partial charge in [-0.25, -0.2) is 4.79 Å². The highest BCUT2D eigenvalue weighted by Crippen LogP contribution is 2.34. The zero-order chi connectivity index (χ0) is 17.1. The zero-order valence-corrected chi connectivity index (χ0v) is 14.0. The summed E-state index contributed by atoms with van der Waals surface area (Å²) in [5, 5.41) is 7.41. The van der Waals surface area contributed by atoms with Crippen LogP contribution in [0.2, 0.25) is 0 Å². The highest BCUT2D eigenvalue weighted by Gasteiger charge is 2.30. The predicted molar refractivity (Wildman–Crippen MR) is 93.7 cm³/mol. The van der Waals surface area contributed by atoms with Gasteiger partial charge >= 0.3 is 6.03 Å². The fourth-order valence-corrected chi connectivity index (χ4v) is 2.87. The van der Waals surface area contributed by atoms with Gasteiger partial charge in [0.2, 0.25) is 0 Å². The summed E-state index contributed by atoms with van der Waals surface area (Å²) < 4.78 is 5.32. The summed E-state index contributed by atoms with van der Waals surface area (Å²) in [6.45, 7) is 0.507. The molecule has 2 amide bonds. The minimum absolute atomic E-state index is 0.192. The van der Waals surface area contributed by atoms with Crippen molar-refractivity contribution in [1.29, 1.82) is 0 Å². The average Bonchev–Trinajstić information content (AvgIpc) is 3.45. The molecule has 0 aromatic heterocycles. The minimum atomic E-state index is -0.206. The second-order valence-corrected chi connectivity index (χ2v) is 6.12. The van der Waals surface area contributed by atoms with Crippen LogP contribution in [0, 0.1) is 5.92 Å². The lowest BCUT2D eigenvalue weighted by molar-refractivity contribution is 0.0967. The van der Waals surface area contributed by atoms with Gasteiger partial charge in [0.25, 0.3) is 0 Å². The molecule has 2 aromatic rings. The quantitative estimate of drug-likeness (QED) is 0.802. The number of hydrogen-bond acceptors (Lipinski definition) is 3. The van der Waals surface area contributed by atoms with Crippen molar-refractivity contribution in [3.05, 3.63) is 41.5 Å². The first-order valence-corrected chi connectivity index (χ1v) is 8.23. The van der Waals surface area contributed by atoms with Crippen molar-refractivity contribution >= 4 is 22.6 Å². The van der Waals surface area contributed by atoms with Gasteiger partial charge in [0, 0.05) is 25.1 Å². The second-order valence-electron chi connectivity index (χ2n) is 6.12. The number of Topliss-reactive ketones (excluding diaryl/α,β-unsaturated/α-hetero) is 1. The molecule has 2 N–H and O–H groups in total. The number of benzene rings is 2. The summed E-state index contributed by atoms with van der Waals surface area (Å²) in [5.74, 6) is 1.20. The van der Waals surface area contributed by atoms with Crippen LogP contribution in [-0.2, 0) is 6.42 Å². The molecular formula is C19H22N2O3. The first kappa shape index (κ1) is 16.3. The number of rotatable bonds is 6. The molecule has 0 aliphatic heterocycles. The maximum absolute atomic E-state index is 12.4. The summed E-state index contributed by atoms with van der Waals surface area (Å²) >= 11 is 0. The van der Waals surface area contributed by atoms with E-state index in [-0.39, 0.29) is 17.7 Å². The molecule has 0 bridgehead atoms. The first-order chi connectivity index (χ1) is 11.6. The molecule has 1 aliphatic carbocycles. The van der Waals surface area contributed by atoms with Gasteiger partial charge in [0.1, 0.15) is 5.75 Å². The Labute approximate surface area is 141 Å². The Balaban J connectivity index is 1.94. The highest BCUT2D eigenvalue weighted by molar-refractivity contribution is 6.03. The van der Waals surface area contributed by atoms with Crippen LogP contribution in [0.5, 0.6) is 5.75 Å². The van der Waals surface area contributed by atoms with E-state index >= 15 is 0 Å². The number of methoxy groups -OCH3 is 1. The lowest BCUT2D eigenvalue weighted by atomic mass is 9.95. The van der Waals surface area contributed by atoms with Crippen molar-refractivity contribution in [3.63, 3.8) is 0 Å². The third-order valence-corrected chi connectivity index (χ3v) is 4.39. The summed E-state index contributed by atoms with van der Waals surface area (Å²) in [4.78, 5) is 23.8. The van der Waals surface area contributed by atoms with Crippen molar-refractivity contribution < 1.29 is 14.3 Å². The Hall–Kier alpha value is -2.56. The summed E-state index contributed by atoms with van der Waals surface area (Å²) in [5.41, 5.74) is 1.82. The molecule has 1 aliphatic rings. The summed E-state index contributed by atoms with van der Waals surface area (Å²) in [7, 11) is 3.23. The van der Waals surface area contributed by atoms with Crippen LogP contribution < -0.4 is 15.4 Å². The third kappa shape index (κ3) is 3.50. The Bertz CT molecular complexity index is 782. The number of ketones is 1. The number of hydrogen-bond donors (Lipinski definition) is 2. The molecule has 2 aromatic carbocycles. The van der Waals surface area contributed by atoms with Gasteiger partial charge in [-0.1, -0.05) is 6.07 Å².